The molecule has 0 bridgehead atoms. The van der Waals surface area contributed by atoms with Crippen molar-refractivity contribution in [3.8, 4) is 0 Å². The normalized spacial score (nSPS) is 25.5. The lowest BCUT2D eigenvalue weighted by molar-refractivity contribution is -0.146. The predicted octanol–water partition coefficient (Wildman–Crippen LogP) is 1.78. The second-order valence-electron chi connectivity index (χ2n) is 6.28. The highest BCUT2D eigenvalue weighted by Crippen LogP contribution is 2.40. The number of ether oxygens (including phenoxy) is 1. The lowest BCUT2D eigenvalue weighted by Gasteiger charge is -2.38. The number of carbonyl (C=O) groups is 1. The summed E-state index contributed by atoms with van der Waals surface area (Å²) in [6.45, 7) is 8.10. The third-order valence-electron chi connectivity index (χ3n) is 5.52. The topological polar surface area (TPSA) is 55.6 Å². The molecular weight excluding hydrogens is 240 g/mol. The summed E-state index contributed by atoms with van der Waals surface area (Å²) >= 11 is 0. The van der Waals surface area contributed by atoms with Crippen molar-refractivity contribution >= 4 is 5.91 Å². The lowest BCUT2D eigenvalue weighted by Crippen LogP contribution is -2.50. The largest absolute Gasteiger partial charge is 0.381 e. The molecular formula is C15H28N2O2. The fourth-order valence-corrected chi connectivity index (χ4v) is 3.54. The molecule has 0 spiro atoms. The summed E-state index contributed by atoms with van der Waals surface area (Å²) in [6.07, 6.45) is 5.02. The number of amides is 1. The highest BCUT2D eigenvalue weighted by Gasteiger charge is 2.45. The molecule has 0 unspecified atom stereocenters. The summed E-state index contributed by atoms with van der Waals surface area (Å²) in [5.41, 5.74) is 5.93. The van der Waals surface area contributed by atoms with E-state index >= 15 is 0 Å². The van der Waals surface area contributed by atoms with Gasteiger partial charge in [0.25, 0.3) is 0 Å². The van der Waals surface area contributed by atoms with Crippen LogP contribution in [0, 0.1) is 10.8 Å². The van der Waals surface area contributed by atoms with Crippen LogP contribution in [0.2, 0.25) is 0 Å². The van der Waals surface area contributed by atoms with Crippen LogP contribution in [0.15, 0.2) is 0 Å². The monoisotopic (exact) mass is 268 g/mol. The van der Waals surface area contributed by atoms with Crippen molar-refractivity contribution in [2.75, 3.05) is 32.8 Å². The molecule has 19 heavy (non-hydrogen) atoms. The van der Waals surface area contributed by atoms with Gasteiger partial charge >= 0.3 is 0 Å². The maximum Gasteiger partial charge on any atom is 0.230 e. The second kappa shape index (κ2) is 5.80. The van der Waals surface area contributed by atoms with E-state index in [1.165, 1.54) is 0 Å². The summed E-state index contributed by atoms with van der Waals surface area (Å²) < 4.78 is 5.40. The van der Waals surface area contributed by atoms with Crippen molar-refractivity contribution in [3.05, 3.63) is 0 Å². The number of likely N-dealkylation sites (tertiary alicyclic amines) is 1. The van der Waals surface area contributed by atoms with Crippen LogP contribution in [0.3, 0.4) is 0 Å². The summed E-state index contributed by atoms with van der Waals surface area (Å²) in [5.74, 6) is 0.280. The van der Waals surface area contributed by atoms with Gasteiger partial charge in [0, 0.05) is 32.8 Å². The van der Waals surface area contributed by atoms with Crippen LogP contribution in [-0.4, -0.2) is 43.7 Å². The second-order valence-corrected chi connectivity index (χ2v) is 6.28. The first kappa shape index (κ1) is 14.8. The predicted molar refractivity (Wildman–Crippen MR) is 75.8 cm³/mol. The first-order valence-electron chi connectivity index (χ1n) is 7.68. The Hall–Kier alpha value is -0.610. The molecule has 2 saturated heterocycles. The molecule has 0 atom stereocenters. The number of hydrogen-bond acceptors (Lipinski definition) is 3. The van der Waals surface area contributed by atoms with Gasteiger partial charge in [0.15, 0.2) is 0 Å². The molecule has 2 fully saturated rings. The van der Waals surface area contributed by atoms with Gasteiger partial charge < -0.3 is 15.4 Å². The Labute approximate surface area is 116 Å². The van der Waals surface area contributed by atoms with E-state index in [1.54, 1.807) is 0 Å². The number of nitrogens with two attached hydrogens (primary N) is 1. The third-order valence-corrected chi connectivity index (χ3v) is 5.52. The fourth-order valence-electron chi connectivity index (χ4n) is 3.54. The molecule has 2 N–H and O–H groups in total. The molecule has 2 rings (SSSR count). The van der Waals surface area contributed by atoms with E-state index < -0.39 is 0 Å². The molecule has 1 amide bonds. The van der Waals surface area contributed by atoms with E-state index in [4.69, 9.17) is 10.5 Å². The number of nitrogens with zero attached hydrogens (tertiary/aromatic N) is 1. The molecule has 0 aromatic heterocycles. The highest BCUT2D eigenvalue weighted by atomic mass is 16.5. The Morgan fingerprint density at radius 1 is 1.21 bits per heavy atom. The van der Waals surface area contributed by atoms with Crippen LogP contribution in [0.1, 0.15) is 46.0 Å². The van der Waals surface area contributed by atoms with Gasteiger partial charge in [0.2, 0.25) is 5.91 Å². The standard InChI is InChI=1S/C15H28N2O2/c1-3-14(4-2)5-8-17(12-14)13(18)15(11-16)6-9-19-10-7-15/h3-12,16H2,1-2H3. The average molecular weight is 268 g/mol. The zero-order valence-corrected chi connectivity index (χ0v) is 12.4. The van der Waals surface area contributed by atoms with Crippen LogP contribution in [0.4, 0.5) is 0 Å². The van der Waals surface area contributed by atoms with E-state index in [1.807, 2.05) is 0 Å². The molecule has 4 heteroatoms. The molecule has 4 nitrogen and oxygen atoms in total. The molecule has 0 aromatic carbocycles. The highest BCUT2D eigenvalue weighted by molar-refractivity contribution is 5.83. The zero-order valence-electron chi connectivity index (χ0n) is 12.4. The van der Waals surface area contributed by atoms with Gasteiger partial charge in [-0.2, -0.15) is 0 Å². The Morgan fingerprint density at radius 3 is 2.32 bits per heavy atom. The minimum absolute atomic E-state index is 0.280. The molecule has 2 heterocycles. The smallest absolute Gasteiger partial charge is 0.230 e. The molecule has 0 aliphatic carbocycles. The van der Waals surface area contributed by atoms with Gasteiger partial charge in [0.05, 0.1) is 5.41 Å². The summed E-state index contributed by atoms with van der Waals surface area (Å²) in [5, 5.41) is 0. The maximum absolute atomic E-state index is 12.9. The maximum atomic E-state index is 12.9. The molecule has 0 radical (unpaired) electrons. The Bertz CT molecular complexity index is 320. The van der Waals surface area contributed by atoms with Crippen molar-refractivity contribution in [2.24, 2.45) is 16.6 Å². The Kier molecular flexibility index (Phi) is 4.51. The van der Waals surface area contributed by atoms with Crippen LogP contribution < -0.4 is 5.73 Å². The van der Waals surface area contributed by atoms with Crippen molar-refractivity contribution in [2.45, 2.75) is 46.0 Å². The quantitative estimate of drug-likeness (QED) is 0.845. The van der Waals surface area contributed by atoms with Crippen LogP contribution in [0.25, 0.3) is 0 Å². The van der Waals surface area contributed by atoms with Crippen LogP contribution in [0.5, 0.6) is 0 Å². The molecule has 110 valence electrons. The number of rotatable bonds is 4. The fraction of sp³-hybridized carbons (Fsp3) is 0.933. The molecule has 2 aliphatic heterocycles. The van der Waals surface area contributed by atoms with Crippen molar-refractivity contribution in [1.29, 1.82) is 0 Å². The Balaban J connectivity index is 2.07. The van der Waals surface area contributed by atoms with Crippen LogP contribution >= 0.6 is 0 Å². The molecule has 0 aromatic rings. The first-order valence-corrected chi connectivity index (χ1v) is 7.68. The molecule has 0 saturated carbocycles. The number of carbonyl (C=O) groups excluding carboxylic acids is 1. The SMILES string of the molecule is CCC1(CC)CCN(C(=O)C2(CN)CCOCC2)C1. The lowest BCUT2D eigenvalue weighted by atomic mass is 9.78. The zero-order chi connectivity index (χ0) is 13.9. The van der Waals surface area contributed by atoms with Crippen molar-refractivity contribution < 1.29 is 9.53 Å². The van der Waals surface area contributed by atoms with E-state index in [9.17, 15) is 4.79 Å². The van der Waals surface area contributed by atoms with Gasteiger partial charge in [0.1, 0.15) is 0 Å². The van der Waals surface area contributed by atoms with E-state index in [-0.39, 0.29) is 11.3 Å². The van der Waals surface area contributed by atoms with Crippen molar-refractivity contribution in [3.63, 3.8) is 0 Å². The third kappa shape index (κ3) is 2.65. The minimum Gasteiger partial charge on any atom is -0.381 e. The average Bonchev–Trinajstić information content (AvgIpc) is 2.92. The first-order chi connectivity index (χ1) is 9.11. The van der Waals surface area contributed by atoms with Crippen LogP contribution in [-0.2, 0) is 9.53 Å². The number of hydrogen-bond donors (Lipinski definition) is 1. The summed E-state index contributed by atoms with van der Waals surface area (Å²) in [6, 6.07) is 0. The minimum atomic E-state index is -0.351. The van der Waals surface area contributed by atoms with Gasteiger partial charge in [-0.1, -0.05) is 13.8 Å². The van der Waals surface area contributed by atoms with Gasteiger partial charge in [-0.3, -0.25) is 4.79 Å². The van der Waals surface area contributed by atoms with E-state index in [2.05, 4.69) is 18.7 Å². The van der Waals surface area contributed by atoms with Crippen molar-refractivity contribution in [1.82, 2.24) is 4.90 Å². The van der Waals surface area contributed by atoms with E-state index in [0.717, 1.165) is 45.2 Å². The van der Waals surface area contributed by atoms with Gasteiger partial charge in [-0.15, -0.1) is 0 Å². The van der Waals surface area contributed by atoms with Gasteiger partial charge in [-0.25, -0.2) is 0 Å². The van der Waals surface area contributed by atoms with E-state index in [0.29, 0.717) is 25.2 Å². The van der Waals surface area contributed by atoms with Gasteiger partial charge in [-0.05, 0) is 37.5 Å². The Morgan fingerprint density at radius 2 is 1.84 bits per heavy atom. The molecule has 2 aliphatic rings. The summed E-state index contributed by atoms with van der Waals surface area (Å²) in [4.78, 5) is 14.9. The summed E-state index contributed by atoms with van der Waals surface area (Å²) in [7, 11) is 0.